The Bertz CT molecular complexity index is 455. The van der Waals surface area contributed by atoms with E-state index in [2.05, 4.69) is 12.2 Å². The number of nitrogens with one attached hydrogen (secondary N) is 1. The van der Waals surface area contributed by atoms with Gasteiger partial charge in [0.05, 0.1) is 5.56 Å². The molecule has 1 aromatic carbocycles. The van der Waals surface area contributed by atoms with Crippen LogP contribution in [-0.4, -0.2) is 17.6 Å². The Morgan fingerprint density at radius 1 is 1.50 bits per heavy atom. The van der Waals surface area contributed by atoms with Gasteiger partial charge in [-0.05, 0) is 42.9 Å². The Morgan fingerprint density at radius 3 is 2.83 bits per heavy atom. The van der Waals surface area contributed by atoms with Crippen LogP contribution in [-0.2, 0) is 0 Å². The van der Waals surface area contributed by atoms with Crippen molar-refractivity contribution in [3.63, 3.8) is 0 Å². The van der Waals surface area contributed by atoms with E-state index in [0.717, 1.165) is 12.8 Å². The van der Waals surface area contributed by atoms with E-state index in [-0.39, 0.29) is 17.2 Å². The van der Waals surface area contributed by atoms with Gasteiger partial charge in [0.15, 0.2) is 0 Å². The van der Waals surface area contributed by atoms with Gasteiger partial charge in [0.1, 0.15) is 5.75 Å². The molecule has 3 nitrogen and oxygen atoms in total. The largest absolute Gasteiger partial charge is 0.507 e. The number of carbonyl (C=O) groups excluding carboxylic acids is 1. The van der Waals surface area contributed by atoms with Crippen LogP contribution in [0.15, 0.2) is 18.2 Å². The second-order valence-corrected chi connectivity index (χ2v) is 5.53. The van der Waals surface area contributed by atoms with Gasteiger partial charge in [-0.15, -0.1) is 0 Å². The van der Waals surface area contributed by atoms with Crippen molar-refractivity contribution in [2.45, 2.75) is 32.6 Å². The summed E-state index contributed by atoms with van der Waals surface area (Å²) in [5.74, 6) is -0.283. The fourth-order valence-electron chi connectivity index (χ4n) is 2.28. The van der Waals surface area contributed by atoms with Crippen molar-refractivity contribution in [3.05, 3.63) is 28.8 Å². The van der Waals surface area contributed by atoms with Gasteiger partial charge < -0.3 is 10.4 Å². The first-order chi connectivity index (χ1) is 8.56. The van der Waals surface area contributed by atoms with Gasteiger partial charge >= 0.3 is 0 Å². The first-order valence-corrected chi connectivity index (χ1v) is 6.71. The second-order valence-electron chi connectivity index (χ2n) is 5.09. The highest BCUT2D eigenvalue weighted by molar-refractivity contribution is 6.31. The number of hydrogen-bond donors (Lipinski definition) is 2. The molecule has 1 saturated carbocycles. The van der Waals surface area contributed by atoms with Gasteiger partial charge in [0, 0.05) is 11.6 Å². The smallest absolute Gasteiger partial charge is 0.255 e. The molecule has 1 aliphatic rings. The van der Waals surface area contributed by atoms with Gasteiger partial charge in [0.25, 0.3) is 5.91 Å². The Labute approximate surface area is 112 Å². The number of carbonyl (C=O) groups is 1. The van der Waals surface area contributed by atoms with Gasteiger partial charge in [-0.25, -0.2) is 0 Å². The minimum absolute atomic E-state index is 0.0303. The Hall–Kier alpha value is -1.22. The maximum Gasteiger partial charge on any atom is 0.255 e. The minimum Gasteiger partial charge on any atom is -0.507 e. The van der Waals surface area contributed by atoms with E-state index in [1.807, 2.05) is 0 Å². The lowest BCUT2D eigenvalue weighted by atomic mass is 10.0. The van der Waals surface area contributed by atoms with Gasteiger partial charge in [0.2, 0.25) is 0 Å². The first-order valence-electron chi connectivity index (χ1n) is 6.33. The number of aromatic hydroxyl groups is 1. The zero-order valence-corrected chi connectivity index (χ0v) is 11.3. The lowest BCUT2D eigenvalue weighted by molar-refractivity contribution is 0.0941. The summed E-state index contributed by atoms with van der Waals surface area (Å²) >= 11 is 5.82. The highest BCUT2D eigenvalue weighted by atomic mass is 35.5. The summed E-state index contributed by atoms with van der Waals surface area (Å²) in [4.78, 5) is 12.0. The van der Waals surface area contributed by atoms with Gasteiger partial charge in [-0.2, -0.15) is 0 Å². The van der Waals surface area contributed by atoms with Crippen molar-refractivity contribution in [2.24, 2.45) is 5.41 Å². The molecule has 0 bridgehead atoms. The molecule has 2 N–H and O–H groups in total. The molecule has 0 atom stereocenters. The molecule has 0 unspecified atom stereocenters. The number of hydrogen-bond acceptors (Lipinski definition) is 2. The standard InChI is InChI=1S/C14H18ClNO2/c1-2-5-14(6-7-14)9-16-13(18)11-8-10(15)3-4-12(11)17/h3-4,8,17H,2,5-7,9H2,1H3,(H,16,18). The summed E-state index contributed by atoms with van der Waals surface area (Å²) in [6, 6.07) is 4.49. The summed E-state index contributed by atoms with van der Waals surface area (Å²) in [7, 11) is 0. The van der Waals surface area contributed by atoms with E-state index < -0.39 is 0 Å². The highest BCUT2D eigenvalue weighted by Crippen LogP contribution is 2.48. The van der Waals surface area contributed by atoms with Crippen LogP contribution < -0.4 is 5.32 Å². The molecule has 0 aliphatic heterocycles. The van der Waals surface area contributed by atoms with Crippen LogP contribution in [0, 0.1) is 5.41 Å². The number of phenols is 1. The van der Waals surface area contributed by atoms with Crippen molar-refractivity contribution in [1.29, 1.82) is 0 Å². The zero-order chi connectivity index (χ0) is 13.2. The van der Waals surface area contributed by atoms with Crippen molar-refractivity contribution >= 4 is 17.5 Å². The van der Waals surface area contributed by atoms with Crippen LogP contribution in [0.2, 0.25) is 5.02 Å². The summed E-state index contributed by atoms with van der Waals surface area (Å²) < 4.78 is 0. The number of phenolic OH excluding ortho intramolecular Hbond substituents is 1. The van der Waals surface area contributed by atoms with Gasteiger partial charge in [-0.1, -0.05) is 24.9 Å². The minimum atomic E-state index is -0.252. The second kappa shape index (κ2) is 5.19. The van der Waals surface area contributed by atoms with Crippen molar-refractivity contribution in [1.82, 2.24) is 5.32 Å². The van der Waals surface area contributed by atoms with Crippen LogP contribution in [0.3, 0.4) is 0 Å². The molecule has 1 aliphatic carbocycles. The average molecular weight is 268 g/mol. The number of amides is 1. The average Bonchev–Trinajstić information content (AvgIpc) is 3.10. The topological polar surface area (TPSA) is 49.3 Å². The molecule has 18 heavy (non-hydrogen) atoms. The summed E-state index contributed by atoms with van der Waals surface area (Å²) in [6.45, 7) is 2.84. The highest BCUT2D eigenvalue weighted by Gasteiger charge is 2.41. The molecule has 0 heterocycles. The van der Waals surface area contributed by atoms with Crippen LogP contribution in [0.1, 0.15) is 43.0 Å². The number of rotatable bonds is 5. The molecular formula is C14H18ClNO2. The predicted octanol–water partition coefficient (Wildman–Crippen LogP) is 3.36. The molecule has 0 saturated heterocycles. The third-order valence-corrected chi connectivity index (χ3v) is 3.80. The monoisotopic (exact) mass is 267 g/mol. The molecule has 2 rings (SSSR count). The van der Waals surface area contributed by atoms with Crippen LogP contribution in [0.25, 0.3) is 0 Å². The molecule has 0 spiro atoms. The quantitative estimate of drug-likeness (QED) is 0.859. The normalized spacial score (nSPS) is 16.3. The Morgan fingerprint density at radius 2 is 2.22 bits per heavy atom. The summed E-state index contributed by atoms with van der Waals surface area (Å²) in [6.07, 6.45) is 4.65. The molecular weight excluding hydrogens is 250 g/mol. The fourth-order valence-corrected chi connectivity index (χ4v) is 2.45. The zero-order valence-electron chi connectivity index (χ0n) is 10.5. The summed E-state index contributed by atoms with van der Waals surface area (Å²) in [5.41, 5.74) is 0.549. The van der Waals surface area contributed by atoms with E-state index in [1.54, 1.807) is 6.07 Å². The van der Waals surface area contributed by atoms with Crippen molar-refractivity contribution in [3.8, 4) is 5.75 Å². The van der Waals surface area contributed by atoms with Crippen LogP contribution in [0.5, 0.6) is 5.75 Å². The molecule has 0 radical (unpaired) electrons. The first kappa shape index (κ1) is 13.2. The predicted molar refractivity (Wildman–Crippen MR) is 72.0 cm³/mol. The maximum atomic E-state index is 12.0. The van der Waals surface area contributed by atoms with Crippen molar-refractivity contribution in [2.75, 3.05) is 6.54 Å². The van der Waals surface area contributed by atoms with Crippen molar-refractivity contribution < 1.29 is 9.90 Å². The van der Waals surface area contributed by atoms with Crippen LogP contribution >= 0.6 is 11.6 Å². The van der Waals surface area contributed by atoms with E-state index in [1.165, 1.54) is 25.0 Å². The number of benzene rings is 1. The molecule has 98 valence electrons. The molecule has 4 heteroatoms. The maximum absolute atomic E-state index is 12.0. The lowest BCUT2D eigenvalue weighted by Crippen LogP contribution is -2.30. The fraction of sp³-hybridized carbons (Fsp3) is 0.500. The van der Waals surface area contributed by atoms with E-state index in [0.29, 0.717) is 17.0 Å². The van der Waals surface area contributed by atoms with Crippen LogP contribution in [0.4, 0.5) is 0 Å². The Kier molecular flexibility index (Phi) is 3.81. The number of halogens is 1. The molecule has 1 aromatic rings. The van der Waals surface area contributed by atoms with E-state index in [4.69, 9.17) is 11.6 Å². The molecule has 0 aromatic heterocycles. The third-order valence-electron chi connectivity index (χ3n) is 3.56. The lowest BCUT2D eigenvalue weighted by Gasteiger charge is -2.15. The SMILES string of the molecule is CCCC1(CNC(=O)c2cc(Cl)ccc2O)CC1. The molecule has 1 fully saturated rings. The van der Waals surface area contributed by atoms with E-state index >= 15 is 0 Å². The third kappa shape index (κ3) is 2.96. The van der Waals surface area contributed by atoms with Gasteiger partial charge in [-0.3, -0.25) is 4.79 Å². The summed E-state index contributed by atoms with van der Waals surface area (Å²) in [5, 5.41) is 13.0. The van der Waals surface area contributed by atoms with E-state index in [9.17, 15) is 9.90 Å². The molecule has 1 amide bonds. The Balaban J connectivity index is 1.98.